The van der Waals surface area contributed by atoms with Crippen LogP contribution in [0.1, 0.15) is 0 Å². The van der Waals surface area contributed by atoms with Gasteiger partial charge in [-0.25, -0.2) is 0 Å². The number of hydrogen-bond acceptors (Lipinski definition) is 1. The second-order valence-electron chi connectivity index (χ2n) is 1.79. The van der Waals surface area contributed by atoms with E-state index in [2.05, 4.69) is 25.4 Å². The molecule has 0 fully saturated rings. The molecule has 0 aromatic carbocycles. The predicted octanol–water partition coefficient (Wildman–Crippen LogP) is 2.68. The third-order valence-electron chi connectivity index (χ3n) is 0.829. The predicted molar refractivity (Wildman–Crippen MR) is 53.4 cm³/mol. The number of hydrogen-bond donors (Lipinski definition) is 1. The SMILES string of the molecule is C=CCP(=S)(S)CC=C. The monoisotopic (exact) mass is 178 g/mol. The minimum atomic E-state index is -1.40. The molecule has 3 heteroatoms. The molecule has 0 radical (unpaired) electrons. The fourth-order valence-corrected chi connectivity index (χ4v) is 2.76. The van der Waals surface area contributed by atoms with E-state index in [1.54, 1.807) is 0 Å². The van der Waals surface area contributed by atoms with Crippen molar-refractivity contribution >= 4 is 29.3 Å². The van der Waals surface area contributed by atoms with E-state index in [0.29, 0.717) is 0 Å². The molecule has 0 rings (SSSR count). The first-order chi connectivity index (χ1) is 4.12. The molecule has 0 saturated carbocycles. The van der Waals surface area contributed by atoms with Crippen LogP contribution >= 0.6 is 17.5 Å². The molecule has 0 N–H and O–H groups in total. The Hall–Kier alpha value is 0.480. The molecule has 0 aliphatic heterocycles. The summed E-state index contributed by atoms with van der Waals surface area (Å²) in [6, 6.07) is 0. The van der Waals surface area contributed by atoms with Crippen LogP contribution in [-0.4, -0.2) is 12.3 Å². The van der Waals surface area contributed by atoms with Crippen molar-refractivity contribution in [1.82, 2.24) is 0 Å². The molecule has 0 saturated heterocycles. The summed E-state index contributed by atoms with van der Waals surface area (Å²) in [4.78, 5) is 0. The molecule has 0 atom stereocenters. The van der Waals surface area contributed by atoms with Gasteiger partial charge in [0.05, 0.1) is 0 Å². The van der Waals surface area contributed by atoms with Gasteiger partial charge < -0.3 is 0 Å². The molecule has 0 bridgehead atoms. The summed E-state index contributed by atoms with van der Waals surface area (Å²) in [5, 5.41) is -1.40. The van der Waals surface area contributed by atoms with Crippen LogP contribution in [0, 0.1) is 0 Å². The maximum Gasteiger partial charge on any atom is 0.0106 e. The van der Waals surface area contributed by atoms with Crippen molar-refractivity contribution < 1.29 is 0 Å². The molecular weight excluding hydrogens is 167 g/mol. The van der Waals surface area contributed by atoms with Crippen molar-refractivity contribution in [2.45, 2.75) is 0 Å². The van der Waals surface area contributed by atoms with E-state index in [1.165, 1.54) is 0 Å². The Morgan fingerprint density at radius 3 is 1.89 bits per heavy atom. The van der Waals surface area contributed by atoms with Crippen molar-refractivity contribution in [2.24, 2.45) is 0 Å². The maximum absolute atomic E-state index is 5.17. The molecule has 0 heterocycles. The summed E-state index contributed by atoms with van der Waals surface area (Å²) < 4.78 is 0. The molecule has 0 aliphatic carbocycles. The number of rotatable bonds is 4. The van der Waals surface area contributed by atoms with Gasteiger partial charge in [-0.3, -0.25) is 0 Å². The van der Waals surface area contributed by atoms with Crippen LogP contribution in [0.3, 0.4) is 0 Å². The standard InChI is InChI=1S/C6H11PS2/c1-3-5-7(8,9)6-4-2/h3-4H,1-2,5-6H2,(H,8,9). The summed E-state index contributed by atoms with van der Waals surface area (Å²) in [7, 11) is 0. The lowest BCUT2D eigenvalue weighted by molar-refractivity contribution is 1.70. The van der Waals surface area contributed by atoms with E-state index in [9.17, 15) is 0 Å². The Labute approximate surface area is 67.2 Å². The van der Waals surface area contributed by atoms with Gasteiger partial charge in [0, 0.05) is 17.6 Å². The van der Waals surface area contributed by atoms with E-state index in [0.717, 1.165) is 12.3 Å². The van der Waals surface area contributed by atoms with Gasteiger partial charge in [0.2, 0.25) is 0 Å². The van der Waals surface area contributed by atoms with Crippen molar-refractivity contribution in [1.29, 1.82) is 0 Å². The van der Waals surface area contributed by atoms with Crippen LogP contribution in [-0.2, 0) is 11.8 Å². The Bertz CT molecular complexity index is 137. The zero-order valence-corrected chi connectivity index (χ0v) is 7.89. The van der Waals surface area contributed by atoms with E-state index in [-0.39, 0.29) is 0 Å². The molecule has 9 heavy (non-hydrogen) atoms. The lowest BCUT2D eigenvalue weighted by atomic mass is 10.8. The molecule has 0 nitrogen and oxygen atoms in total. The van der Waals surface area contributed by atoms with Gasteiger partial charge in [-0.2, -0.15) is 0 Å². The first-order valence-electron chi connectivity index (χ1n) is 2.65. The molecular formula is C6H11PS2. The highest BCUT2D eigenvalue weighted by Gasteiger charge is 2.04. The summed E-state index contributed by atoms with van der Waals surface area (Å²) in [5.74, 6) is 0. The minimum absolute atomic E-state index is 0.859. The summed E-state index contributed by atoms with van der Waals surface area (Å²) >= 11 is 9.50. The van der Waals surface area contributed by atoms with Gasteiger partial charge >= 0.3 is 0 Å². The number of thiol groups is 1. The fourth-order valence-electron chi connectivity index (χ4n) is 0.478. The third-order valence-corrected chi connectivity index (χ3v) is 4.36. The quantitative estimate of drug-likeness (QED) is 0.392. The van der Waals surface area contributed by atoms with Gasteiger partial charge in [0.1, 0.15) is 0 Å². The molecule has 0 aliphatic rings. The van der Waals surface area contributed by atoms with Gasteiger partial charge in [-0.15, -0.1) is 25.4 Å². The summed E-state index contributed by atoms with van der Waals surface area (Å²) in [5.41, 5.74) is 0. The average Bonchev–Trinajstić information content (AvgIpc) is 1.64. The van der Waals surface area contributed by atoms with Crippen molar-refractivity contribution in [3.63, 3.8) is 0 Å². The van der Waals surface area contributed by atoms with Crippen LogP contribution in [0.25, 0.3) is 0 Å². The van der Waals surface area contributed by atoms with Crippen LogP contribution in [0.4, 0.5) is 0 Å². The minimum Gasteiger partial charge on any atom is -0.140 e. The van der Waals surface area contributed by atoms with Crippen molar-refractivity contribution in [3.8, 4) is 0 Å². The molecule has 0 amide bonds. The van der Waals surface area contributed by atoms with Crippen LogP contribution in [0.15, 0.2) is 25.3 Å². The molecule has 0 aromatic heterocycles. The number of allylic oxidation sites excluding steroid dienone is 2. The van der Waals surface area contributed by atoms with E-state index < -0.39 is 5.24 Å². The molecule has 0 aromatic rings. The average molecular weight is 178 g/mol. The smallest absolute Gasteiger partial charge is 0.0106 e. The molecule has 0 spiro atoms. The highest BCUT2D eigenvalue weighted by molar-refractivity contribution is 8.63. The van der Waals surface area contributed by atoms with Crippen molar-refractivity contribution in [2.75, 3.05) is 12.3 Å². The Morgan fingerprint density at radius 2 is 1.67 bits per heavy atom. The maximum atomic E-state index is 5.17. The zero-order chi connectivity index (χ0) is 7.33. The second-order valence-corrected chi connectivity index (χ2v) is 9.42. The lowest BCUT2D eigenvalue weighted by Crippen LogP contribution is -1.80. The van der Waals surface area contributed by atoms with Crippen LogP contribution in [0.2, 0.25) is 0 Å². The fraction of sp³-hybridized carbons (Fsp3) is 0.333. The topological polar surface area (TPSA) is 0 Å². The van der Waals surface area contributed by atoms with Gasteiger partial charge in [0.25, 0.3) is 0 Å². The summed E-state index contributed by atoms with van der Waals surface area (Å²) in [6.07, 6.45) is 5.38. The second kappa shape index (κ2) is 4.32. The normalized spacial score (nSPS) is 10.8. The molecule has 52 valence electrons. The van der Waals surface area contributed by atoms with E-state index >= 15 is 0 Å². The van der Waals surface area contributed by atoms with Crippen LogP contribution in [0.5, 0.6) is 0 Å². The van der Waals surface area contributed by atoms with Crippen molar-refractivity contribution in [3.05, 3.63) is 25.3 Å². The van der Waals surface area contributed by atoms with Gasteiger partial charge in [0.15, 0.2) is 0 Å². The Morgan fingerprint density at radius 1 is 1.33 bits per heavy atom. The summed E-state index contributed by atoms with van der Waals surface area (Å²) in [6.45, 7) is 7.21. The zero-order valence-electron chi connectivity index (χ0n) is 5.29. The lowest BCUT2D eigenvalue weighted by Gasteiger charge is -2.08. The van der Waals surface area contributed by atoms with Crippen LogP contribution < -0.4 is 0 Å². The van der Waals surface area contributed by atoms with E-state index in [1.807, 2.05) is 12.2 Å². The highest BCUT2D eigenvalue weighted by Crippen LogP contribution is 2.50. The van der Waals surface area contributed by atoms with Gasteiger partial charge in [-0.05, 0) is 0 Å². The first kappa shape index (κ1) is 9.48. The molecule has 0 unspecified atom stereocenters. The van der Waals surface area contributed by atoms with E-state index in [4.69, 9.17) is 11.8 Å². The Kier molecular flexibility index (Phi) is 4.55. The highest BCUT2D eigenvalue weighted by atomic mass is 32.9. The Balaban J connectivity index is 3.85. The first-order valence-corrected chi connectivity index (χ1v) is 6.97. The van der Waals surface area contributed by atoms with Gasteiger partial charge in [-0.1, -0.05) is 24.0 Å². The third kappa shape index (κ3) is 4.95. The largest absolute Gasteiger partial charge is 0.140 e.